The number of anilines is 2. The minimum absolute atomic E-state index is 0.225. The number of morpholine rings is 1. The summed E-state index contributed by atoms with van der Waals surface area (Å²) in [6.07, 6.45) is 6.73. The number of hydrogen-bond acceptors (Lipinski definition) is 8. The standard InChI is InChI=1S/C30H30N8O/c31-27-23(3-1-13-34-27)28-36-25-9-8-24(20-10-14-33-26(19-20)37-15-17-39-18-16-37)35-29(25)38(28)22-6-4-21(5-7-22)30(32)11-2-12-30/h1,3-10,13-14,19H,2,11-12,15-18,32H2,(H2,31,34). The lowest BCUT2D eigenvalue weighted by Gasteiger charge is -2.38. The average molecular weight is 519 g/mol. The number of fused-ring (bicyclic) bond motifs is 1. The van der Waals surface area contributed by atoms with Gasteiger partial charge in [-0.25, -0.2) is 19.9 Å². The Morgan fingerprint density at radius 3 is 2.44 bits per heavy atom. The maximum absolute atomic E-state index is 6.60. The van der Waals surface area contributed by atoms with Crippen LogP contribution in [0.2, 0.25) is 0 Å². The molecule has 1 saturated carbocycles. The lowest BCUT2D eigenvalue weighted by Crippen LogP contribution is -2.43. The fourth-order valence-electron chi connectivity index (χ4n) is 5.48. The monoisotopic (exact) mass is 518 g/mol. The largest absolute Gasteiger partial charge is 0.383 e. The summed E-state index contributed by atoms with van der Waals surface area (Å²) in [4.78, 5) is 21.2. The summed E-state index contributed by atoms with van der Waals surface area (Å²) in [7, 11) is 0. The summed E-state index contributed by atoms with van der Waals surface area (Å²) in [5.74, 6) is 2.05. The molecule has 4 N–H and O–H groups in total. The number of aromatic nitrogens is 5. The van der Waals surface area contributed by atoms with Crippen LogP contribution < -0.4 is 16.4 Å². The third-order valence-electron chi connectivity index (χ3n) is 7.91. The molecule has 39 heavy (non-hydrogen) atoms. The Kier molecular flexibility index (Phi) is 5.75. The lowest BCUT2D eigenvalue weighted by molar-refractivity contribution is 0.122. The third-order valence-corrected chi connectivity index (χ3v) is 7.91. The molecule has 2 aliphatic rings. The van der Waals surface area contributed by atoms with Gasteiger partial charge in [0.1, 0.15) is 17.2 Å². The van der Waals surface area contributed by atoms with Crippen molar-refractivity contribution in [2.24, 2.45) is 5.73 Å². The number of ether oxygens (including phenoxy) is 1. The van der Waals surface area contributed by atoms with Crippen LogP contribution >= 0.6 is 0 Å². The first kappa shape index (κ1) is 23.8. The summed E-state index contributed by atoms with van der Waals surface area (Å²) < 4.78 is 7.57. The van der Waals surface area contributed by atoms with E-state index < -0.39 is 0 Å². The van der Waals surface area contributed by atoms with Crippen molar-refractivity contribution >= 4 is 22.8 Å². The molecular weight excluding hydrogens is 488 g/mol. The first-order valence-corrected chi connectivity index (χ1v) is 13.4. The van der Waals surface area contributed by atoms with Crippen molar-refractivity contribution in [1.29, 1.82) is 0 Å². The Balaban J connectivity index is 1.36. The number of nitrogen functional groups attached to an aromatic ring is 1. The van der Waals surface area contributed by atoms with Gasteiger partial charge in [-0.2, -0.15) is 0 Å². The predicted octanol–water partition coefficient (Wildman–Crippen LogP) is 4.30. The van der Waals surface area contributed by atoms with E-state index in [1.807, 2.05) is 36.5 Å². The number of benzene rings is 1. The summed E-state index contributed by atoms with van der Waals surface area (Å²) in [5.41, 5.74) is 18.9. The second-order valence-corrected chi connectivity index (χ2v) is 10.3. The molecule has 196 valence electrons. The van der Waals surface area contributed by atoms with E-state index in [2.05, 4.69) is 49.8 Å². The van der Waals surface area contributed by atoms with Crippen molar-refractivity contribution in [2.45, 2.75) is 24.8 Å². The first-order chi connectivity index (χ1) is 19.1. The SMILES string of the molecule is Nc1ncccc1-c1nc2ccc(-c3ccnc(N4CCOCC4)c3)nc2n1-c1ccc(C2(N)CCC2)cc1. The Morgan fingerprint density at radius 1 is 0.872 bits per heavy atom. The van der Waals surface area contributed by atoms with E-state index in [4.69, 9.17) is 26.2 Å². The topological polar surface area (TPSA) is 121 Å². The molecule has 9 heteroatoms. The van der Waals surface area contributed by atoms with Gasteiger partial charge in [0.2, 0.25) is 0 Å². The van der Waals surface area contributed by atoms with Crippen LogP contribution in [-0.4, -0.2) is 50.8 Å². The highest BCUT2D eigenvalue weighted by atomic mass is 16.5. The average Bonchev–Trinajstić information content (AvgIpc) is 3.35. The van der Waals surface area contributed by atoms with Crippen LogP contribution in [0, 0.1) is 0 Å². The number of imidazole rings is 1. The number of pyridine rings is 3. The Bertz CT molecular complexity index is 1650. The van der Waals surface area contributed by atoms with Crippen LogP contribution in [0.15, 0.2) is 73.1 Å². The zero-order valence-corrected chi connectivity index (χ0v) is 21.6. The molecule has 0 unspecified atom stereocenters. The zero-order valence-electron chi connectivity index (χ0n) is 21.6. The molecule has 5 aromatic rings. The predicted molar refractivity (Wildman–Crippen MR) is 152 cm³/mol. The Labute approximate surface area is 226 Å². The van der Waals surface area contributed by atoms with Gasteiger partial charge in [0.25, 0.3) is 0 Å². The van der Waals surface area contributed by atoms with E-state index >= 15 is 0 Å². The van der Waals surface area contributed by atoms with Gasteiger partial charge in [-0.1, -0.05) is 12.1 Å². The van der Waals surface area contributed by atoms with Gasteiger partial charge in [0.15, 0.2) is 11.5 Å². The van der Waals surface area contributed by atoms with Crippen molar-refractivity contribution in [3.63, 3.8) is 0 Å². The quantitative estimate of drug-likeness (QED) is 0.353. The van der Waals surface area contributed by atoms with Crippen molar-refractivity contribution in [1.82, 2.24) is 24.5 Å². The van der Waals surface area contributed by atoms with Gasteiger partial charge in [0.05, 0.1) is 24.5 Å². The molecule has 7 rings (SSSR count). The van der Waals surface area contributed by atoms with Crippen molar-refractivity contribution in [2.75, 3.05) is 36.9 Å². The minimum atomic E-state index is -0.225. The number of rotatable bonds is 5. The fourth-order valence-corrected chi connectivity index (χ4v) is 5.48. The van der Waals surface area contributed by atoms with Crippen LogP contribution in [0.3, 0.4) is 0 Å². The highest BCUT2D eigenvalue weighted by Crippen LogP contribution is 2.39. The molecule has 0 atom stereocenters. The lowest BCUT2D eigenvalue weighted by atomic mass is 9.73. The highest BCUT2D eigenvalue weighted by molar-refractivity contribution is 5.84. The van der Waals surface area contributed by atoms with Crippen molar-refractivity contribution in [3.05, 3.63) is 78.6 Å². The van der Waals surface area contributed by atoms with Crippen LogP contribution in [0.1, 0.15) is 24.8 Å². The number of nitrogens with zero attached hydrogens (tertiary/aromatic N) is 6. The van der Waals surface area contributed by atoms with Crippen LogP contribution in [0.25, 0.3) is 39.5 Å². The van der Waals surface area contributed by atoms with Gasteiger partial charge in [0, 0.05) is 42.3 Å². The molecule has 1 aliphatic carbocycles. The fraction of sp³-hybridized carbons (Fsp3) is 0.267. The van der Waals surface area contributed by atoms with Crippen LogP contribution in [0.5, 0.6) is 0 Å². The second kappa shape index (κ2) is 9.44. The Hall–Kier alpha value is -4.34. The third kappa shape index (κ3) is 4.20. The molecule has 4 aromatic heterocycles. The maximum atomic E-state index is 6.60. The summed E-state index contributed by atoms with van der Waals surface area (Å²) in [6.45, 7) is 3.07. The summed E-state index contributed by atoms with van der Waals surface area (Å²) >= 11 is 0. The van der Waals surface area contributed by atoms with Crippen LogP contribution in [-0.2, 0) is 10.3 Å². The molecule has 2 fully saturated rings. The molecule has 0 radical (unpaired) electrons. The van der Waals surface area contributed by atoms with Gasteiger partial charge < -0.3 is 21.1 Å². The van der Waals surface area contributed by atoms with Crippen LogP contribution in [0.4, 0.5) is 11.6 Å². The molecule has 0 spiro atoms. The summed E-state index contributed by atoms with van der Waals surface area (Å²) in [5, 5.41) is 0. The molecule has 1 aliphatic heterocycles. The van der Waals surface area contributed by atoms with E-state index in [1.54, 1.807) is 6.20 Å². The molecular formula is C30H30N8O. The minimum Gasteiger partial charge on any atom is -0.383 e. The van der Waals surface area contributed by atoms with E-state index in [9.17, 15) is 0 Å². The number of nitrogens with two attached hydrogens (primary N) is 2. The number of hydrogen-bond donors (Lipinski definition) is 2. The Morgan fingerprint density at radius 2 is 1.69 bits per heavy atom. The van der Waals surface area contributed by atoms with Gasteiger partial charge >= 0.3 is 0 Å². The molecule has 1 aromatic carbocycles. The van der Waals surface area contributed by atoms with Gasteiger partial charge in [-0.05, 0) is 73.4 Å². The van der Waals surface area contributed by atoms with Crippen molar-refractivity contribution < 1.29 is 4.74 Å². The molecule has 0 bridgehead atoms. The van der Waals surface area contributed by atoms with E-state index in [-0.39, 0.29) is 5.54 Å². The molecule has 5 heterocycles. The van der Waals surface area contributed by atoms with E-state index in [0.717, 1.165) is 71.0 Å². The first-order valence-electron chi connectivity index (χ1n) is 13.4. The zero-order chi connectivity index (χ0) is 26.4. The van der Waals surface area contributed by atoms with E-state index in [1.165, 1.54) is 6.42 Å². The normalized spacial score (nSPS) is 16.8. The smallest absolute Gasteiger partial charge is 0.165 e. The second-order valence-electron chi connectivity index (χ2n) is 10.3. The van der Waals surface area contributed by atoms with Gasteiger partial charge in [-0.15, -0.1) is 0 Å². The molecule has 9 nitrogen and oxygen atoms in total. The van der Waals surface area contributed by atoms with E-state index in [0.29, 0.717) is 24.9 Å². The van der Waals surface area contributed by atoms with Gasteiger partial charge in [-0.3, -0.25) is 4.57 Å². The highest BCUT2D eigenvalue weighted by Gasteiger charge is 2.34. The van der Waals surface area contributed by atoms with Crippen molar-refractivity contribution in [3.8, 4) is 28.3 Å². The maximum Gasteiger partial charge on any atom is 0.165 e. The molecule has 1 saturated heterocycles. The molecule has 0 amide bonds. The summed E-state index contributed by atoms with van der Waals surface area (Å²) in [6, 6.07) is 20.3.